The molecule has 0 radical (unpaired) electrons. The molecule has 1 atom stereocenters. The molecule has 25 heavy (non-hydrogen) atoms. The Hall–Kier alpha value is -0.850. The van der Waals surface area contributed by atoms with Crippen LogP contribution in [0.4, 0.5) is 0 Å². The van der Waals surface area contributed by atoms with Crippen molar-refractivity contribution in [2.75, 3.05) is 60.1 Å². The van der Waals surface area contributed by atoms with Gasteiger partial charge in [0.2, 0.25) is 0 Å². The Morgan fingerprint density at radius 2 is 1.88 bits per heavy atom. The number of guanidine groups is 1. The van der Waals surface area contributed by atoms with Crippen molar-refractivity contribution < 1.29 is 9.47 Å². The van der Waals surface area contributed by atoms with Gasteiger partial charge in [0.1, 0.15) is 0 Å². The standard InChI is InChI=1S/C19H38N4O2/c1-4-17(22-10-5-6-11-22)16-21-19(20-2)23-12-8-18(9-13-23)25-15-7-14-24-3/h17-18H,4-16H2,1-3H3,(H,20,21). The Kier molecular flexibility index (Phi) is 9.58. The largest absolute Gasteiger partial charge is 0.385 e. The lowest BCUT2D eigenvalue weighted by atomic mass is 10.1. The highest BCUT2D eigenvalue weighted by Gasteiger charge is 2.24. The molecule has 2 heterocycles. The number of ether oxygens (including phenoxy) is 2. The Labute approximate surface area is 153 Å². The minimum absolute atomic E-state index is 0.388. The average molecular weight is 355 g/mol. The lowest BCUT2D eigenvalue weighted by Crippen LogP contribution is -2.50. The number of rotatable bonds is 9. The van der Waals surface area contributed by atoms with Crippen LogP contribution in [0.3, 0.4) is 0 Å². The van der Waals surface area contributed by atoms with Crippen LogP contribution in [0.1, 0.15) is 45.4 Å². The lowest BCUT2D eigenvalue weighted by Gasteiger charge is -2.35. The molecule has 0 amide bonds. The van der Waals surface area contributed by atoms with Gasteiger partial charge in [-0.15, -0.1) is 0 Å². The van der Waals surface area contributed by atoms with Crippen LogP contribution in [0.5, 0.6) is 0 Å². The zero-order valence-corrected chi connectivity index (χ0v) is 16.5. The molecule has 0 aromatic rings. The lowest BCUT2D eigenvalue weighted by molar-refractivity contribution is 0.00986. The van der Waals surface area contributed by atoms with E-state index in [1.165, 1.54) is 32.4 Å². The van der Waals surface area contributed by atoms with E-state index in [-0.39, 0.29) is 0 Å². The fourth-order valence-electron chi connectivity index (χ4n) is 3.87. The molecule has 2 aliphatic rings. The van der Waals surface area contributed by atoms with Gasteiger partial charge in [-0.25, -0.2) is 0 Å². The topological polar surface area (TPSA) is 49.3 Å². The molecule has 0 spiro atoms. The summed E-state index contributed by atoms with van der Waals surface area (Å²) < 4.78 is 11.0. The Morgan fingerprint density at radius 3 is 2.48 bits per heavy atom. The third-order valence-corrected chi connectivity index (χ3v) is 5.42. The summed E-state index contributed by atoms with van der Waals surface area (Å²) in [5, 5.41) is 3.62. The summed E-state index contributed by atoms with van der Waals surface area (Å²) in [5.74, 6) is 1.05. The summed E-state index contributed by atoms with van der Waals surface area (Å²) in [6.07, 6.45) is 7.43. The highest BCUT2D eigenvalue weighted by molar-refractivity contribution is 5.80. The van der Waals surface area contributed by atoms with Crippen molar-refractivity contribution in [3.8, 4) is 0 Å². The molecule has 0 saturated carbocycles. The molecule has 0 aromatic carbocycles. The van der Waals surface area contributed by atoms with Gasteiger partial charge in [0.25, 0.3) is 0 Å². The van der Waals surface area contributed by atoms with Gasteiger partial charge in [0.15, 0.2) is 5.96 Å². The van der Waals surface area contributed by atoms with Gasteiger partial charge in [-0.2, -0.15) is 0 Å². The number of likely N-dealkylation sites (tertiary alicyclic amines) is 2. The molecule has 2 fully saturated rings. The molecular weight excluding hydrogens is 316 g/mol. The molecule has 1 unspecified atom stereocenters. The predicted molar refractivity (Wildman–Crippen MR) is 103 cm³/mol. The smallest absolute Gasteiger partial charge is 0.193 e. The summed E-state index contributed by atoms with van der Waals surface area (Å²) >= 11 is 0. The predicted octanol–water partition coefficient (Wildman–Crippen LogP) is 1.95. The molecule has 6 nitrogen and oxygen atoms in total. The first kappa shape index (κ1) is 20.5. The van der Waals surface area contributed by atoms with Crippen LogP contribution in [-0.2, 0) is 9.47 Å². The number of nitrogens with one attached hydrogen (secondary N) is 1. The quantitative estimate of drug-likeness (QED) is 0.390. The van der Waals surface area contributed by atoms with E-state index in [1.807, 2.05) is 7.05 Å². The zero-order chi connectivity index (χ0) is 17.9. The van der Waals surface area contributed by atoms with Crippen LogP contribution < -0.4 is 5.32 Å². The summed E-state index contributed by atoms with van der Waals surface area (Å²) in [6, 6.07) is 0.626. The number of hydrogen-bond acceptors (Lipinski definition) is 4. The van der Waals surface area contributed by atoms with Crippen molar-refractivity contribution >= 4 is 5.96 Å². The van der Waals surface area contributed by atoms with E-state index in [1.54, 1.807) is 7.11 Å². The minimum atomic E-state index is 0.388. The third kappa shape index (κ3) is 6.76. The SMILES string of the molecule is CCC(CNC(=NC)N1CCC(OCCCOC)CC1)N1CCCC1. The third-order valence-electron chi connectivity index (χ3n) is 5.42. The first-order valence-corrected chi connectivity index (χ1v) is 10.1. The van der Waals surface area contributed by atoms with Crippen molar-refractivity contribution in [3.05, 3.63) is 0 Å². The van der Waals surface area contributed by atoms with Crippen LogP contribution >= 0.6 is 0 Å². The van der Waals surface area contributed by atoms with Crippen LogP contribution in [0.2, 0.25) is 0 Å². The monoisotopic (exact) mass is 354 g/mol. The summed E-state index contributed by atoms with van der Waals surface area (Å²) in [4.78, 5) is 9.52. The Balaban J connectivity index is 1.69. The van der Waals surface area contributed by atoms with E-state index < -0.39 is 0 Å². The van der Waals surface area contributed by atoms with Gasteiger partial charge in [0, 0.05) is 53.0 Å². The Morgan fingerprint density at radius 1 is 1.16 bits per heavy atom. The fraction of sp³-hybridized carbons (Fsp3) is 0.947. The van der Waals surface area contributed by atoms with Crippen molar-refractivity contribution in [2.45, 2.75) is 57.6 Å². The molecular formula is C19H38N4O2. The first-order valence-electron chi connectivity index (χ1n) is 10.1. The number of aliphatic imine (C=N–C) groups is 1. The second-order valence-corrected chi connectivity index (χ2v) is 7.14. The molecule has 2 aliphatic heterocycles. The van der Waals surface area contributed by atoms with Gasteiger partial charge >= 0.3 is 0 Å². The summed E-state index contributed by atoms with van der Waals surface area (Å²) in [6.45, 7) is 9.43. The van der Waals surface area contributed by atoms with E-state index >= 15 is 0 Å². The van der Waals surface area contributed by atoms with Crippen molar-refractivity contribution in [3.63, 3.8) is 0 Å². The molecule has 2 rings (SSSR count). The molecule has 146 valence electrons. The molecule has 2 saturated heterocycles. The second-order valence-electron chi connectivity index (χ2n) is 7.14. The minimum Gasteiger partial charge on any atom is -0.385 e. The zero-order valence-electron chi connectivity index (χ0n) is 16.5. The second kappa shape index (κ2) is 11.7. The molecule has 0 bridgehead atoms. The van der Waals surface area contributed by atoms with Gasteiger partial charge < -0.3 is 19.7 Å². The van der Waals surface area contributed by atoms with E-state index in [4.69, 9.17) is 9.47 Å². The van der Waals surface area contributed by atoms with E-state index in [0.29, 0.717) is 12.1 Å². The molecule has 0 aromatic heterocycles. The van der Waals surface area contributed by atoms with Crippen LogP contribution in [0, 0.1) is 0 Å². The van der Waals surface area contributed by atoms with Gasteiger partial charge in [-0.05, 0) is 51.6 Å². The van der Waals surface area contributed by atoms with Crippen LogP contribution in [-0.4, -0.2) is 88.0 Å². The number of piperidine rings is 1. The van der Waals surface area contributed by atoms with Gasteiger partial charge in [-0.1, -0.05) is 6.92 Å². The van der Waals surface area contributed by atoms with Gasteiger partial charge in [-0.3, -0.25) is 9.89 Å². The van der Waals surface area contributed by atoms with E-state index in [2.05, 4.69) is 27.0 Å². The molecule has 6 heteroatoms. The van der Waals surface area contributed by atoms with Crippen molar-refractivity contribution in [2.24, 2.45) is 4.99 Å². The highest BCUT2D eigenvalue weighted by atomic mass is 16.5. The number of hydrogen-bond donors (Lipinski definition) is 1. The van der Waals surface area contributed by atoms with E-state index in [9.17, 15) is 0 Å². The maximum absolute atomic E-state index is 5.96. The normalized spacial score (nSPS) is 21.7. The van der Waals surface area contributed by atoms with Crippen molar-refractivity contribution in [1.29, 1.82) is 0 Å². The number of nitrogens with zero attached hydrogens (tertiary/aromatic N) is 3. The number of methoxy groups -OCH3 is 1. The van der Waals surface area contributed by atoms with Gasteiger partial charge in [0.05, 0.1) is 6.10 Å². The fourth-order valence-corrected chi connectivity index (χ4v) is 3.87. The van der Waals surface area contributed by atoms with Crippen LogP contribution in [0.15, 0.2) is 4.99 Å². The summed E-state index contributed by atoms with van der Waals surface area (Å²) in [7, 11) is 3.64. The van der Waals surface area contributed by atoms with Crippen molar-refractivity contribution in [1.82, 2.24) is 15.1 Å². The Bertz CT molecular complexity index is 378. The van der Waals surface area contributed by atoms with Crippen LogP contribution in [0.25, 0.3) is 0 Å². The average Bonchev–Trinajstić information content (AvgIpc) is 3.18. The maximum Gasteiger partial charge on any atom is 0.193 e. The highest BCUT2D eigenvalue weighted by Crippen LogP contribution is 2.15. The molecule has 0 aliphatic carbocycles. The molecule has 1 N–H and O–H groups in total. The first-order chi connectivity index (χ1) is 12.3. The summed E-state index contributed by atoms with van der Waals surface area (Å²) in [5.41, 5.74) is 0. The maximum atomic E-state index is 5.96. The van der Waals surface area contributed by atoms with E-state index in [0.717, 1.165) is 58.1 Å².